The molecule has 106 valence electrons. The monoisotopic (exact) mass is 278 g/mol. The van der Waals surface area contributed by atoms with Crippen molar-refractivity contribution < 1.29 is 4.74 Å². The van der Waals surface area contributed by atoms with E-state index >= 15 is 0 Å². The number of nitrogens with zero attached hydrogens (tertiary/aromatic N) is 2. The van der Waals surface area contributed by atoms with Gasteiger partial charge in [-0.3, -0.25) is 0 Å². The third kappa shape index (κ3) is 2.75. The molecule has 1 aromatic heterocycles. The highest BCUT2D eigenvalue weighted by Crippen LogP contribution is 2.30. The highest BCUT2D eigenvalue weighted by molar-refractivity contribution is 5.47. The van der Waals surface area contributed by atoms with Gasteiger partial charge in [-0.2, -0.15) is 5.26 Å². The Labute approximate surface area is 125 Å². The molecular weight excluding hydrogens is 260 g/mol. The Bertz CT molecular complexity index is 729. The molecule has 0 amide bonds. The van der Waals surface area contributed by atoms with Gasteiger partial charge in [-0.05, 0) is 74.4 Å². The molecule has 0 unspecified atom stereocenters. The highest BCUT2D eigenvalue weighted by atomic mass is 16.5. The van der Waals surface area contributed by atoms with E-state index in [1.165, 1.54) is 24.0 Å². The van der Waals surface area contributed by atoms with Gasteiger partial charge in [-0.1, -0.05) is 6.07 Å². The van der Waals surface area contributed by atoms with Crippen LogP contribution in [0.5, 0.6) is 11.6 Å². The van der Waals surface area contributed by atoms with Crippen molar-refractivity contribution >= 4 is 0 Å². The summed E-state index contributed by atoms with van der Waals surface area (Å²) < 4.78 is 5.89. The van der Waals surface area contributed by atoms with Crippen LogP contribution >= 0.6 is 0 Å². The van der Waals surface area contributed by atoms with E-state index < -0.39 is 0 Å². The van der Waals surface area contributed by atoms with Crippen molar-refractivity contribution in [2.24, 2.45) is 0 Å². The van der Waals surface area contributed by atoms with Crippen LogP contribution in [-0.2, 0) is 12.8 Å². The average Bonchev–Trinajstić information content (AvgIpc) is 2.47. The summed E-state index contributed by atoms with van der Waals surface area (Å²) in [5, 5.41) is 9.29. The van der Waals surface area contributed by atoms with Gasteiger partial charge in [0.05, 0.1) is 0 Å². The molecule has 1 aromatic carbocycles. The Hall–Kier alpha value is -2.34. The number of hydrogen-bond donors (Lipinski definition) is 0. The van der Waals surface area contributed by atoms with E-state index in [1.54, 1.807) is 0 Å². The Balaban J connectivity index is 1.96. The van der Waals surface area contributed by atoms with Gasteiger partial charge >= 0.3 is 0 Å². The van der Waals surface area contributed by atoms with Crippen molar-refractivity contribution in [3.8, 4) is 17.7 Å². The molecule has 3 nitrogen and oxygen atoms in total. The zero-order valence-electron chi connectivity index (χ0n) is 12.4. The molecule has 2 aromatic rings. The zero-order chi connectivity index (χ0) is 14.8. The van der Waals surface area contributed by atoms with E-state index in [4.69, 9.17) is 4.74 Å². The average molecular weight is 278 g/mol. The molecule has 3 heteroatoms. The first-order valence-corrected chi connectivity index (χ1v) is 7.35. The molecule has 0 bridgehead atoms. The zero-order valence-corrected chi connectivity index (χ0v) is 12.4. The van der Waals surface area contributed by atoms with Crippen LogP contribution in [0.1, 0.15) is 40.8 Å². The molecule has 1 heterocycles. The fraction of sp³-hybridized carbons (Fsp3) is 0.333. The molecule has 0 spiro atoms. The number of fused-ring (bicyclic) bond motifs is 1. The van der Waals surface area contributed by atoms with Crippen molar-refractivity contribution in [2.75, 3.05) is 0 Å². The lowest BCUT2D eigenvalue weighted by Crippen LogP contribution is -2.03. The molecule has 0 saturated heterocycles. The number of rotatable bonds is 2. The van der Waals surface area contributed by atoms with E-state index in [2.05, 4.69) is 23.2 Å². The first kappa shape index (κ1) is 13.6. The van der Waals surface area contributed by atoms with Crippen LogP contribution in [0.25, 0.3) is 0 Å². The number of aryl methyl sites for hydroxylation is 4. The summed E-state index contributed by atoms with van der Waals surface area (Å²) in [7, 11) is 0. The smallest absolute Gasteiger partial charge is 0.237 e. The van der Waals surface area contributed by atoms with Crippen LogP contribution in [0, 0.1) is 25.2 Å². The van der Waals surface area contributed by atoms with E-state index in [1.807, 2.05) is 26.0 Å². The third-order valence-corrected chi connectivity index (χ3v) is 3.96. The van der Waals surface area contributed by atoms with Crippen LogP contribution in [0.2, 0.25) is 0 Å². The Kier molecular flexibility index (Phi) is 3.62. The summed E-state index contributed by atoms with van der Waals surface area (Å²) in [6.07, 6.45) is 4.77. The maximum atomic E-state index is 9.29. The van der Waals surface area contributed by atoms with Crippen molar-refractivity contribution in [1.29, 1.82) is 5.26 Å². The molecule has 0 radical (unpaired) electrons. The summed E-state index contributed by atoms with van der Waals surface area (Å²) in [5.41, 5.74) is 5.06. The molecule has 0 fully saturated rings. The third-order valence-electron chi connectivity index (χ3n) is 3.96. The second-order valence-corrected chi connectivity index (χ2v) is 5.61. The molecule has 0 saturated carbocycles. The number of nitriles is 1. The van der Waals surface area contributed by atoms with Gasteiger partial charge in [0.2, 0.25) is 5.88 Å². The molecule has 3 rings (SSSR count). The van der Waals surface area contributed by atoms with E-state index in [0.29, 0.717) is 11.4 Å². The van der Waals surface area contributed by atoms with E-state index in [9.17, 15) is 5.26 Å². The Morgan fingerprint density at radius 3 is 2.62 bits per heavy atom. The van der Waals surface area contributed by atoms with Crippen molar-refractivity contribution in [3.63, 3.8) is 0 Å². The summed E-state index contributed by atoms with van der Waals surface area (Å²) >= 11 is 0. The first-order valence-electron chi connectivity index (χ1n) is 7.35. The Morgan fingerprint density at radius 2 is 1.86 bits per heavy atom. The number of benzene rings is 1. The maximum absolute atomic E-state index is 9.29. The lowest BCUT2D eigenvalue weighted by Gasteiger charge is -2.17. The Morgan fingerprint density at radius 1 is 1.10 bits per heavy atom. The summed E-state index contributed by atoms with van der Waals surface area (Å²) in [4.78, 5) is 4.37. The normalized spacial score (nSPS) is 13.4. The standard InChI is InChI=1S/C18H18N2O/c1-12-9-13(2)20-18(17(12)11-19)21-16-8-7-14-5-3-4-6-15(14)10-16/h7-10H,3-6H2,1-2H3. The lowest BCUT2D eigenvalue weighted by atomic mass is 9.92. The molecule has 1 aliphatic carbocycles. The quantitative estimate of drug-likeness (QED) is 0.825. The molecule has 0 atom stereocenters. The van der Waals surface area contributed by atoms with E-state index in [0.717, 1.165) is 29.8 Å². The van der Waals surface area contributed by atoms with Gasteiger partial charge < -0.3 is 4.74 Å². The maximum Gasteiger partial charge on any atom is 0.237 e. The largest absolute Gasteiger partial charge is 0.438 e. The lowest BCUT2D eigenvalue weighted by molar-refractivity contribution is 0.458. The van der Waals surface area contributed by atoms with Gasteiger partial charge in [-0.15, -0.1) is 0 Å². The van der Waals surface area contributed by atoms with Gasteiger partial charge in [-0.25, -0.2) is 4.98 Å². The number of aromatic nitrogens is 1. The number of hydrogen-bond acceptors (Lipinski definition) is 3. The minimum absolute atomic E-state index is 0.408. The van der Waals surface area contributed by atoms with Gasteiger partial charge in [0.1, 0.15) is 17.4 Å². The molecule has 0 N–H and O–H groups in total. The van der Waals surface area contributed by atoms with Crippen LogP contribution in [0.4, 0.5) is 0 Å². The van der Waals surface area contributed by atoms with Crippen LogP contribution in [0.3, 0.4) is 0 Å². The van der Waals surface area contributed by atoms with Crippen LogP contribution in [-0.4, -0.2) is 4.98 Å². The summed E-state index contributed by atoms with van der Waals surface area (Å²) in [5.74, 6) is 1.18. The SMILES string of the molecule is Cc1cc(C)c(C#N)c(Oc2ccc3c(c2)CCCC3)n1. The van der Waals surface area contributed by atoms with E-state index in [-0.39, 0.29) is 0 Å². The van der Waals surface area contributed by atoms with Crippen molar-refractivity contribution in [1.82, 2.24) is 4.98 Å². The summed E-state index contributed by atoms with van der Waals surface area (Å²) in [6.45, 7) is 3.82. The number of pyridine rings is 1. The fourth-order valence-corrected chi connectivity index (χ4v) is 2.90. The number of ether oxygens (including phenoxy) is 1. The molecule has 1 aliphatic rings. The highest BCUT2D eigenvalue weighted by Gasteiger charge is 2.13. The van der Waals surface area contributed by atoms with Crippen LogP contribution in [0.15, 0.2) is 24.3 Å². The molecular formula is C18H18N2O. The topological polar surface area (TPSA) is 45.9 Å². The minimum atomic E-state index is 0.408. The predicted octanol–water partition coefficient (Wildman–Crippen LogP) is 4.24. The first-order chi connectivity index (χ1) is 10.2. The van der Waals surface area contributed by atoms with Gasteiger partial charge in [0, 0.05) is 5.69 Å². The van der Waals surface area contributed by atoms with Gasteiger partial charge in [0.15, 0.2) is 0 Å². The van der Waals surface area contributed by atoms with Crippen molar-refractivity contribution in [3.05, 3.63) is 52.2 Å². The molecule has 21 heavy (non-hydrogen) atoms. The summed E-state index contributed by atoms with van der Waals surface area (Å²) in [6, 6.07) is 10.3. The van der Waals surface area contributed by atoms with Gasteiger partial charge in [0.25, 0.3) is 0 Å². The van der Waals surface area contributed by atoms with Crippen molar-refractivity contribution in [2.45, 2.75) is 39.5 Å². The fourth-order valence-electron chi connectivity index (χ4n) is 2.90. The molecule has 0 aliphatic heterocycles. The predicted molar refractivity (Wildman–Crippen MR) is 81.6 cm³/mol. The second-order valence-electron chi connectivity index (χ2n) is 5.61. The second kappa shape index (κ2) is 5.57. The minimum Gasteiger partial charge on any atom is -0.438 e. The van der Waals surface area contributed by atoms with Crippen LogP contribution < -0.4 is 4.74 Å².